The van der Waals surface area contributed by atoms with Gasteiger partial charge in [-0.15, -0.1) is 0 Å². The maximum atomic E-state index is 9.20. The van der Waals surface area contributed by atoms with Crippen molar-refractivity contribution in [2.24, 2.45) is 0 Å². The topological polar surface area (TPSA) is 92.2 Å². The summed E-state index contributed by atoms with van der Waals surface area (Å²) in [6.45, 7) is 8.08. The maximum absolute atomic E-state index is 9.20. The van der Waals surface area contributed by atoms with E-state index >= 15 is 0 Å². The van der Waals surface area contributed by atoms with Gasteiger partial charge in [0.05, 0.1) is 22.2 Å². The SMILES string of the molecule is COc1nc(NC(C)C)nc(NC(C)C)n1.Oc1c(Cl)c(Cl)c(Cl)c(Cl)c1Cl. The van der Waals surface area contributed by atoms with Crippen LogP contribution in [0.1, 0.15) is 27.7 Å². The third kappa shape index (κ3) is 7.04. The lowest BCUT2D eigenvalue weighted by Crippen LogP contribution is -2.17. The van der Waals surface area contributed by atoms with Gasteiger partial charge in [0.2, 0.25) is 11.9 Å². The summed E-state index contributed by atoms with van der Waals surface area (Å²) in [5.41, 5.74) is 0. The fraction of sp³-hybridized carbons (Fsp3) is 0.438. The first-order valence-corrected chi connectivity index (χ1v) is 9.90. The largest absolute Gasteiger partial charge is 0.505 e. The van der Waals surface area contributed by atoms with Crippen molar-refractivity contribution in [1.29, 1.82) is 0 Å². The van der Waals surface area contributed by atoms with Crippen LogP contribution in [0, 0.1) is 0 Å². The molecule has 1 aromatic carbocycles. The Hall–Kier alpha value is -1.12. The molecule has 0 bridgehead atoms. The van der Waals surface area contributed by atoms with Gasteiger partial charge in [0.25, 0.3) is 0 Å². The van der Waals surface area contributed by atoms with Gasteiger partial charge in [-0.1, -0.05) is 58.0 Å². The number of hydrogen-bond donors (Lipinski definition) is 3. The molecule has 2 rings (SSSR count). The predicted molar refractivity (Wildman–Crippen MR) is 117 cm³/mol. The second-order valence-electron chi connectivity index (χ2n) is 5.99. The number of aromatic hydroxyl groups is 1. The maximum Gasteiger partial charge on any atom is 0.322 e. The molecule has 2 aromatic rings. The Morgan fingerprint density at radius 2 is 1.07 bits per heavy atom. The van der Waals surface area contributed by atoms with Gasteiger partial charge in [-0.25, -0.2) is 0 Å². The van der Waals surface area contributed by atoms with E-state index in [1.807, 2.05) is 27.7 Å². The summed E-state index contributed by atoms with van der Waals surface area (Å²) in [5, 5.41) is 15.2. The summed E-state index contributed by atoms with van der Waals surface area (Å²) in [7, 11) is 1.54. The minimum atomic E-state index is -0.363. The zero-order valence-corrected chi connectivity index (χ0v) is 19.5. The molecule has 1 aromatic heterocycles. The quantitative estimate of drug-likeness (QED) is 0.340. The van der Waals surface area contributed by atoms with E-state index in [0.717, 1.165) is 0 Å². The van der Waals surface area contributed by atoms with Gasteiger partial charge in [-0.05, 0) is 27.7 Å². The number of anilines is 2. The predicted octanol–water partition coefficient (Wildman–Crippen LogP) is 6.18. The second-order valence-corrected chi connectivity index (χ2v) is 7.88. The fourth-order valence-electron chi connectivity index (χ4n) is 1.69. The second kappa shape index (κ2) is 11.2. The van der Waals surface area contributed by atoms with E-state index in [4.69, 9.17) is 62.7 Å². The van der Waals surface area contributed by atoms with Gasteiger partial charge < -0.3 is 20.5 Å². The average molecular weight is 492 g/mol. The van der Waals surface area contributed by atoms with Crippen LogP contribution in [0.15, 0.2) is 0 Å². The number of ether oxygens (including phenoxy) is 1. The number of rotatable bonds is 5. The van der Waals surface area contributed by atoms with Gasteiger partial charge in [0.15, 0.2) is 5.75 Å². The van der Waals surface area contributed by atoms with E-state index < -0.39 is 0 Å². The molecule has 1 heterocycles. The van der Waals surface area contributed by atoms with Gasteiger partial charge >= 0.3 is 6.01 Å². The summed E-state index contributed by atoms with van der Waals surface area (Å²) in [6.07, 6.45) is 0. The van der Waals surface area contributed by atoms with Crippen molar-refractivity contribution in [2.45, 2.75) is 39.8 Å². The number of aromatic nitrogens is 3. The molecule has 0 amide bonds. The van der Waals surface area contributed by atoms with E-state index in [1.165, 1.54) is 7.11 Å². The third-order valence-electron chi connectivity index (χ3n) is 2.82. The highest BCUT2D eigenvalue weighted by molar-refractivity contribution is 6.55. The molecule has 0 aliphatic heterocycles. The molecule has 0 atom stereocenters. The zero-order chi connectivity index (χ0) is 21.6. The van der Waals surface area contributed by atoms with Gasteiger partial charge in [-0.3, -0.25) is 0 Å². The molecule has 0 aliphatic rings. The van der Waals surface area contributed by atoms with Crippen molar-refractivity contribution in [1.82, 2.24) is 15.0 Å². The van der Waals surface area contributed by atoms with Crippen molar-refractivity contribution in [3.8, 4) is 11.8 Å². The minimum absolute atomic E-state index is 0.00904. The van der Waals surface area contributed by atoms with E-state index in [1.54, 1.807) is 0 Å². The Morgan fingerprint density at radius 3 is 1.39 bits per heavy atom. The lowest BCUT2D eigenvalue weighted by atomic mass is 10.3. The summed E-state index contributed by atoms with van der Waals surface area (Å²) in [5.74, 6) is 0.674. The summed E-state index contributed by atoms with van der Waals surface area (Å²) in [4.78, 5) is 12.4. The van der Waals surface area contributed by atoms with Crippen LogP contribution in [0.25, 0.3) is 0 Å². The molecule has 3 N–H and O–H groups in total. The van der Waals surface area contributed by atoms with Crippen molar-refractivity contribution in [3.63, 3.8) is 0 Å². The van der Waals surface area contributed by atoms with E-state index in [9.17, 15) is 5.11 Å². The molecule has 0 spiro atoms. The van der Waals surface area contributed by atoms with Crippen molar-refractivity contribution >= 4 is 69.9 Å². The molecular weight excluding hydrogens is 471 g/mol. The Labute approximate surface area is 188 Å². The smallest absolute Gasteiger partial charge is 0.322 e. The number of hydrogen-bond acceptors (Lipinski definition) is 7. The summed E-state index contributed by atoms with van der Waals surface area (Å²) >= 11 is 27.9. The lowest BCUT2D eigenvalue weighted by Gasteiger charge is -2.12. The van der Waals surface area contributed by atoms with E-state index in [-0.39, 0.29) is 42.9 Å². The molecule has 0 saturated heterocycles. The highest BCUT2D eigenvalue weighted by Crippen LogP contribution is 2.47. The summed E-state index contributed by atoms with van der Waals surface area (Å²) < 4.78 is 5.02. The fourth-order valence-corrected chi connectivity index (χ4v) is 2.82. The monoisotopic (exact) mass is 489 g/mol. The number of benzene rings is 1. The Balaban J connectivity index is 0.000000292. The number of halogens is 5. The van der Waals surface area contributed by atoms with Gasteiger partial charge in [-0.2, -0.15) is 15.0 Å². The first-order chi connectivity index (χ1) is 13.0. The number of nitrogens with zero attached hydrogens (tertiary/aromatic N) is 3. The Kier molecular flexibility index (Phi) is 9.94. The molecule has 0 aliphatic carbocycles. The zero-order valence-electron chi connectivity index (χ0n) is 15.7. The molecule has 28 heavy (non-hydrogen) atoms. The van der Waals surface area contributed by atoms with Crippen molar-refractivity contribution < 1.29 is 9.84 Å². The number of nitrogens with one attached hydrogen (secondary N) is 2. The van der Waals surface area contributed by atoms with E-state index in [2.05, 4.69) is 25.6 Å². The molecule has 0 radical (unpaired) electrons. The highest BCUT2D eigenvalue weighted by Gasteiger charge is 2.18. The normalized spacial score (nSPS) is 10.6. The van der Waals surface area contributed by atoms with Crippen molar-refractivity contribution in [3.05, 3.63) is 25.1 Å². The van der Waals surface area contributed by atoms with E-state index in [0.29, 0.717) is 17.9 Å². The molecule has 0 unspecified atom stereocenters. The Bertz CT molecular complexity index is 687. The van der Waals surface area contributed by atoms with Crippen LogP contribution < -0.4 is 15.4 Å². The lowest BCUT2D eigenvalue weighted by molar-refractivity contribution is 0.379. The standard InChI is InChI=1S/C10H19N5O.C6HCl5O/c1-6(2)11-8-13-9(12-7(3)4)15-10(14-8)16-5;7-1-2(8)4(10)6(12)5(11)3(1)9/h6-7H,1-5H3,(H2,11,12,13,14,15);12H. The highest BCUT2D eigenvalue weighted by atomic mass is 35.5. The number of phenolic OH excluding ortho intramolecular Hbond substituents is 1. The molecular formula is C16H20Cl5N5O2. The molecule has 12 heteroatoms. The molecule has 7 nitrogen and oxygen atoms in total. The number of phenols is 1. The van der Waals surface area contributed by atoms with Crippen LogP contribution in [-0.2, 0) is 0 Å². The Morgan fingerprint density at radius 1 is 0.714 bits per heavy atom. The third-order valence-corrected chi connectivity index (χ3v) is 5.08. The van der Waals surface area contributed by atoms with Crippen LogP contribution in [0.5, 0.6) is 11.8 Å². The first-order valence-electron chi connectivity index (χ1n) is 8.01. The van der Waals surface area contributed by atoms with Crippen LogP contribution in [0.3, 0.4) is 0 Å². The van der Waals surface area contributed by atoms with Crippen LogP contribution >= 0.6 is 58.0 Å². The van der Waals surface area contributed by atoms with Crippen molar-refractivity contribution in [2.75, 3.05) is 17.7 Å². The minimum Gasteiger partial charge on any atom is -0.505 e. The molecule has 0 fully saturated rings. The van der Waals surface area contributed by atoms with Crippen LogP contribution in [0.2, 0.25) is 25.1 Å². The van der Waals surface area contributed by atoms with Gasteiger partial charge in [0.1, 0.15) is 10.0 Å². The first kappa shape index (κ1) is 24.9. The summed E-state index contributed by atoms with van der Waals surface area (Å²) in [6, 6.07) is 0.833. The van der Waals surface area contributed by atoms with Crippen LogP contribution in [0.4, 0.5) is 11.9 Å². The van der Waals surface area contributed by atoms with Crippen LogP contribution in [-0.4, -0.2) is 39.3 Å². The van der Waals surface area contributed by atoms with Gasteiger partial charge in [0, 0.05) is 12.1 Å². The average Bonchev–Trinajstić information content (AvgIpc) is 2.62. The number of methoxy groups -OCH3 is 1. The molecule has 0 saturated carbocycles. The molecule has 156 valence electrons.